The van der Waals surface area contributed by atoms with Crippen molar-refractivity contribution in [1.82, 2.24) is 15.6 Å². The molecule has 2 N–H and O–H groups in total. The molecular formula is C17H23ClFN3OS. The van der Waals surface area contributed by atoms with E-state index in [0.717, 1.165) is 21.1 Å². The molecule has 132 valence electrons. The monoisotopic (exact) mass is 371 g/mol. The summed E-state index contributed by atoms with van der Waals surface area (Å²) in [6, 6.07) is 6.19. The lowest BCUT2D eigenvalue weighted by molar-refractivity contribution is -0.125. The fraction of sp³-hybridized carbons (Fsp3) is 0.412. The van der Waals surface area contributed by atoms with Gasteiger partial charge in [0.2, 0.25) is 5.91 Å². The molecule has 2 rings (SSSR count). The molecule has 0 aliphatic rings. The van der Waals surface area contributed by atoms with Gasteiger partial charge in [0.25, 0.3) is 0 Å². The molecule has 0 bridgehead atoms. The lowest BCUT2D eigenvalue weighted by Crippen LogP contribution is -2.35. The molecule has 1 amide bonds. The van der Waals surface area contributed by atoms with Crippen LogP contribution in [0, 0.1) is 18.7 Å². The summed E-state index contributed by atoms with van der Waals surface area (Å²) >= 11 is 1.53. The summed E-state index contributed by atoms with van der Waals surface area (Å²) < 4.78 is 13.0. The second kappa shape index (κ2) is 9.11. The van der Waals surface area contributed by atoms with Gasteiger partial charge in [0.1, 0.15) is 10.8 Å². The molecule has 0 saturated carbocycles. The predicted octanol–water partition coefficient (Wildman–Crippen LogP) is 3.71. The van der Waals surface area contributed by atoms with Crippen molar-refractivity contribution in [1.29, 1.82) is 0 Å². The minimum atomic E-state index is -0.263. The molecule has 7 heteroatoms. The van der Waals surface area contributed by atoms with Crippen LogP contribution in [0.25, 0.3) is 10.6 Å². The van der Waals surface area contributed by atoms with Gasteiger partial charge in [-0.3, -0.25) is 4.79 Å². The van der Waals surface area contributed by atoms with Crippen LogP contribution in [-0.2, 0) is 4.79 Å². The van der Waals surface area contributed by atoms with Gasteiger partial charge in [0.05, 0.1) is 16.6 Å². The van der Waals surface area contributed by atoms with E-state index in [2.05, 4.69) is 15.6 Å². The first-order valence-electron chi connectivity index (χ1n) is 7.60. The second-order valence-electron chi connectivity index (χ2n) is 5.66. The topological polar surface area (TPSA) is 54.0 Å². The van der Waals surface area contributed by atoms with Crippen LogP contribution in [0.3, 0.4) is 0 Å². The number of aryl methyl sites for hydroxylation is 1. The molecule has 2 aromatic rings. The highest BCUT2D eigenvalue weighted by atomic mass is 35.5. The van der Waals surface area contributed by atoms with E-state index in [-0.39, 0.29) is 36.1 Å². The van der Waals surface area contributed by atoms with Gasteiger partial charge >= 0.3 is 0 Å². The number of carbonyl (C=O) groups is 1. The molecule has 0 radical (unpaired) electrons. The standard InChI is InChI=1S/C17H22FN3OS.ClH/c1-10(9-19-4)16(22)20-11(2)15-12(3)21-17(23-15)13-5-7-14(18)8-6-13;/h5-8,10-11,19H,9H2,1-4H3,(H,20,22);1H. The van der Waals surface area contributed by atoms with Crippen molar-refractivity contribution in [2.24, 2.45) is 5.92 Å². The highest BCUT2D eigenvalue weighted by Crippen LogP contribution is 2.31. The number of hydrogen-bond acceptors (Lipinski definition) is 4. The third kappa shape index (κ3) is 5.00. The van der Waals surface area contributed by atoms with E-state index < -0.39 is 0 Å². The molecule has 0 saturated heterocycles. The summed E-state index contributed by atoms with van der Waals surface area (Å²) in [5.74, 6) is -0.336. The van der Waals surface area contributed by atoms with Gasteiger partial charge < -0.3 is 10.6 Å². The Hall–Kier alpha value is -1.50. The van der Waals surface area contributed by atoms with Crippen molar-refractivity contribution in [2.45, 2.75) is 26.8 Å². The average molecular weight is 372 g/mol. The SMILES string of the molecule is CNCC(C)C(=O)NC(C)c1sc(-c2ccc(F)cc2)nc1C.Cl. The van der Waals surface area contributed by atoms with E-state index in [1.807, 2.05) is 27.8 Å². The number of rotatable bonds is 6. The van der Waals surface area contributed by atoms with Gasteiger partial charge in [-0.25, -0.2) is 9.37 Å². The number of thiazole rings is 1. The maximum atomic E-state index is 13.0. The minimum absolute atomic E-state index is 0. The van der Waals surface area contributed by atoms with Gasteiger partial charge in [-0.2, -0.15) is 0 Å². The van der Waals surface area contributed by atoms with Crippen LogP contribution in [0.5, 0.6) is 0 Å². The van der Waals surface area contributed by atoms with E-state index in [4.69, 9.17) is 0 Å². The Morgan fingerprint density at radius 2 is 1.92 bits per heavy atom. The number of carbonyl (C=O) groups excluding carboxylic acids is 1. The Morgan fingerprint density at radius 3 is 2.50 bits per heavy atom. The normalized spacial score (nSPS) is 13.0. The lowest BCUT2D eigenvalue weighted by Gasteiger charge is -2.16. The van der Waals surface area contributed by atoms with Crippen LogP contribution in [-0.4, -0.2) is 24.5 Å². The Bertz CT molecular complexity index is 675. The maximum absolute atomic E-state index is 13.0. The van der Waals surface area contributed by atoms with E-state index in [0.29, 0.717) is 6.54 Å². The number of amides is 1. The molecule has 0 aliphatic heterocycles. The Morgan fingerprint density at radius 1 is 1.29 bits per heavy atom. The molecule has 1 aromatic carbocycles. The zero-order valence-electron chi connectivity index (χ0n) is 14.2. The van der Waals surface area contributed by atoms with Gasteiger partial charge in [-0.15, -0.1) is 23.7 Å². The minimum Gasteiger partial charge on any atom is -0.348 e. The third-order valence-corrected chi connectivity index (χ3v) is 5.02. The van der Waals surface area contributed by atoms with Crippen molar-refractivity contribution in [3.63, 3.8) is 0 Å². The van der Waals surface area contributed by atoms with Crippen molar-refractivity contribution in [2.75, 3.05) is 13.6 Å². The van der Waals surface area contributed by atoms with Crippen LogP contribution in [0.1, 0.15) is 30.5 Å². The zero-order valence-corrected chi connectivity index (χ0v) is 15.9. The fourth-order valence-electron chi connectivity index (χ4n) is 2.35. The zero-order chi connectivity index (χ0) is 17.0. The first-order valence-corrected chi connectivity index (χ1v) is 8.42. The summed E-state index contributed by atoms with van der Waals surface area (Å²) in [4.78, 5) is 17.7. The molecule has 0 fully saturated rings. The molecule has 24 heavy (non-hydrogen) atoms. The number of halogens is 2. The summed E-state index contributed by atoms with van der Waals surface area (Å²) in [6.07, 6.45) is 0. The van der Waals surface area contributed by atoms with Gasteiger partial charge in [-0.05, 0) is 45.2 Å². The van der Waals surface area contributed by atoms with Crippen LogP contribution < -0.4 is 10.6 Å². The molecule has 2 unspecified atom stereocenters. The largest absolute Gasteiger partial charge is 0.348 e. The molecule has 4 nitrogen and oxygen atoms in total. The van der Waals surface area contributed by atoms with Crippen LogP contribution in [0.15, 0.2) is 24.3 Å². The average Bonchev–Trinajstić information content (AvgIpc) is 2.90. The van der Waals surface area contributed by atoms with Crippen LogP contribution in [0.2, 0.25) is 0 Å². The predicted molar refractivity (Wildman–Crippen MR) is 99.1 cm³/mol. The number of nitrogens with zero attached hydrogens (tertiary/aromatic N) is 1. The summed E-state index contributed by atoms with van der Waals surface area (Å²) in [5, 5.41) is 6.86. The quantitative estimate of drug-likeness (QED) is 0.813. The number of benzene rings is 1. The van der Waals surface area contributed by atoms with E-state index >= 15 is 0 Å². The van der Waals surface area contributed by atoms with Crippen molar-refractivity contribution in [3.05, 3.63) is 40.7 Å². The third-order valence-electron chi connectivity index (χ3n) is 3.63. The molecule has 0 aliphatic carbocycles. The van der Waals surface area contributed by atoms with Crippen molar-refractivity contribution in [3.8, 4) is 10.6 Å². The molecule has 1 aromatic heterocycles. The smallest absolute Gasteiger partial charge is 0.224 e. The second-order valence-corrected chi connectivity index (χ2v) is 6.70. The van der Waals surface area contributed by atoms with E-state index in [9.17, 15) is 9.18 Å². The van der Waals surface area contributed by atoms with E-state index in [1.54, 1.807) is 12.1 Å². The summed E-state index contributed by atoms with van der Waals surface area (Å²) in [6.45, 7) is 6.42. The summed E-state index contributed by atoms with van der Waals surface area (Å²) in [7, 11) is 1.83. The van der Waals surface area contributed by atoms with E-state index in [1.165, 1.54) is 23.5 Å². The summed E-state index contributed by atoms with van der Waals surface area (Å²) in [5.41, 5.74) is 1.77. The molecule has 2 atom stereocenters. The Balaban J connectivity index is 0.00000288. The van der Waals surface area contributed by atoms with Gasteiger partial charge in [0.15, 0.2) is 0 Å². The van der Waals surface area contributed by atoms with Gasteiger partial charge in [-0.1, -0.05) is 6.92 Å². The van der Waals surface area contributed by atoms with Crippen LogP contribution in [0.4, 0.5) is 4.39 Å². The Labute approximate surface area is 152 Å². The molecule has 0 spiro atoms. The van der Waals surface area contributed by atoms with Gasteiger partial charge in [0, 0.05) is 18.0 Å². The Kier molecular flexibility index (Phi) is 7.79. The highest BCUT2D eigenvalue weighted by Gasteiger charge is 2.19. The number of nitrogens with one attached hydrogen (secondary N) is 2. The number of hydrogen-bond donors (Lipinski definition) is 2. The molecular weight excluding hydrogens is 349 g/mol. The maximum Gasteiger partial charge on any atom is 0.224 e. The molecule has 1 heterocycles. The number of aromatic nitrogens is 1. The van der Waals surface area contributed by atoms with Crippen molar-refractivity contribution >= 4 is 29.7 Å². The fourth-order valence-corrected chi connectivity index (χ4v) is 3.42. The highest BCUT2D eigenvalue weighted by molar-refractivity contribution is 7.15. The first-order chi connectivity index (χ1) is 10.9. The van der Waals surface area contributed by atoms with Crippen LogP contribution >= 0.6 is 23.7 Å². The lowest BCUT2D eigenvalue weighted by atomic mass is 10.1. The van der Waals surface area contributed by atoms with Crippen molar-refractivity contribution < 1.29 is 9.18 Å². The first kappa shape index (κ1) is 20.5.